The fourth-order valence-corrected chi connectivity index (χ4v) is 2.19. The molecule has 0 atom stereocenters. The monoisotopic (exact) mass is 266 g/mol. The van der Waals surface area contributed by atoms with Crippen LogP contribution in [0.25, 0.3) is 22.3 Å². The lowest BCUT2D eigenvalue weighted by molar-refractivity contribution is -0.114. The van der Waals surface area contributed by atoms with E-state index in [-0.39, 0.29) is 5.91 Å². The summed E-state index contributed by atoms with van der Waals surface area (Å²) >= 11 is 0. The second-order valence-corrected chi connectivity index (χ2v) is 4.67. The topological polar surface area (TPSA) is 68.3 Å². The van der Waals surface area contributed by atoms with Crippen molar-refractivity contribution < 1.29 is 9.21 Å². The number of benzene rings is 2. The smallest absolute Gasteiger partial charge is 0.221 e. The van der Waals surface area contributed by atoms with Gasteiger partial charge >= 0.3 is 0 Å². The van der Waals surface area contributed by atoms with Gasteiger partial charge in [-0.15, -0.1) is 0 Å². The van der Waals surface area contributed by atoms with Crippen molar-refractivity contribution >= 4 is 28.3 Å². The molecule has 0 fully saturated rings. The van der Waals surface area contributed by atoms with Crippen LogP contribution in [0, 0.1) is 0 Å². The quantitative estimate of drug-likeness (QED) is 0.696. The van der Waals surface area contributed by atoms with Crippen LogP contribution in [0.4, 0.5) is 11.4 Å². The highest BCUT2D eigenvalue weighted by atomic mass is 16.3. The Hall–Kier alpha value is -2.75. The van der Waals surface area contributed by atoms with Gasteiger partial charge in [0.1, 0.15) is 11.3 Å². The normalized spacial score (nSPS) is 10.7. The highest BCUT2D eigenvalue weighted by molar-refractivity contribution is 5.91. The van der Waals surface area contributed by atoms with Crippen molar-refractivity contribution in [3.05, 3.63) is 48.5 Å². The molecule has 4 heteroatoms. The minimum atomic E-state index is -0.133. The first kappa shape index (κ1) is 12.3. The summed E-state index contributed by atoms with van der Waals surface area (Å²) in [5, 5.41) is 3.76. The van der Waals surface area contributed by atoms with E-state index in [0.29, 0.717) is 11.4 Å². The van der Waals surface area contributed by atoms with Crippen LogP contribution in [0.2, 0.25) is 0 Å². The van der Waals surface area contributed by atoms with Gasteiger partial charge in [0.15, 0.2) is 0 Å². The summed E-state index contributed by atoms with van der Waals surface area (Å²) < 4.78 is 5.80. The van der Waals surface area contributed by atoms with Gasteiger partial charge in [-0.2, -0.15) is 0 Å². The Morgan fingerprint density at radius 1 is 1.15 bits per heavy atom. The van der Waals surface area contributed by atoms with E-state index in [1.807, 2.05) is 42.5 Å². The van der Waals surface area contributed by atoms with Crippen molar-refractivity contribution in [3.8, 4) is 11.3 Å². The molecule has 0 aliphatic heterocycles. The molecule has 0 saturated carbocycles. The van der Waals surface area contributed by atoms with Crippen LogP contribution >= 0.6 is 0 Å². The average molecular weight is 266 g/mol. The number of carbonyl (C=O) groups excluding carboxylic acids is 1. The summed E-state index contributed by atoms with van der Waals surface area (Å²) in [7, 11) is 0. The van der Waals surface area contributed by atoms with E-state index in [2.05, 4.69) is 5.32 Å². The number of hydrogen-bond acceptors (Lipinski definition) is 3. The largest absolute Gasteiger partial charge is 0.456 e. The molecule has 4 nitrogen and oxygen atoms in total. The van der Waals surface area contributed by atoms with Crippen molar-refractivity contribution in [1.82, 2.24) is 0 Å². The Kier molecular flexibility index (Phi) is 2.91. The molecule has 1 heterocycles. The Balaban J connectivity index is 2.08. The maximum Gasteiger partial charge on any atom is 0.221 e. The SMILES string of the molecule is CC(=O)Nc1cc(N)cc(-c2cc3ccccc3o2)c1. The first-order chi connectivity index (χ1) is 9.61. The lowest BCUT2D eigenvalue weighted by atomic mass is 10.1. The van der Waals surface area contributed by atoms with Crippen LogP contribution in [0.15, 0.2) is 52.9 Å². The van der Waals surface area contributed by atoms with Crippen molar-refractivity contribution in [1.29, 1.82) is 0 Å². The van der Waals surface area contributed by atoms with Crippen LogP contribution in [0.5, 0.6) is 0 Å². The van der Waals surface area contributed by atoms with Crippen molar-refractivity contribution in [2.24, 2.45) is 0 Å². The molecule has 3 N–H and O–H groups in total. The number of para-hydroxylation sites is 1. The molecule has 2 aromatic carbocycles. The van der Waals surface area contributed by atoms with Crippen molar-refractivity contribution in [2.75, 3.05) is 11.1 Å². The predicted octanol–water partition coefficient (Wildman–Crippen LogP) is 3.64. The predicted molar refractivity (Wildman–Crippen MR) is 80.4 cm³/mol. The zero-order valence-corrected chi connectivity index (χ0v) is 11.0. The molecule has 0 saturated heterocycles. The van der Waals surface area contributed by atoms with Crippen LogP contribution in [-0.2, 0) is 4.79 Å². The lowest BCUT2D eigenvalue weighted by Crippen LogP contribution is -2.06. The van der Waals surface area contributed by atoms with Gasteiger partial charge in [0.2, 0.25) is 5.91 Å². The van der Waals surface area contributed by atoms with Crippen LogP contribution < -0.4 is 11.1 Å². The average Bonchev–Trinajstić information content (AvgIpc) is 2.80. The van der Waals surface area contributed by atoms with E-state index in [4.69, 9.17) is 10.2 Å². The maximum atomic E-state index is 11.1. The Morgan fingerprint density at radius 2 is 1.95 bits per heavy atom. The molecule has 20 heavy (non-hydrogen) atoms. The number of furan rings is 1. The summed E-state index contributed by atoms with van der Waals surface area (Å²) in [5.41, 5.74) is 8.77. The Morgan fingerprint density at radius 3 is 2.70 bits per heavy atom. The molecule has 0 spiro atoms. The third-order valence-electron chi connectivity index (χ3n) is 2.99. The van der Waals surface area contributed by atoms with E-state index < -0.39 is 0 Å². The molecule has 1 aromatic heterocycles. The number of nitrogens with one attached hydrogen (secondary N) is 1. The fourth-order valence-electron chi connectivity index (χ4n) is 2.19. The summed E-state index contributed by atoms with van der Waals surface area (Å²) in [4.78, 5) is 11.1. The number of amides is 1. The Labute approximate surface area is 116 Å². The molecule has 100 valence electrons. The molecule has 0 aliphatic rings. The first-order valence-corrected chi connectivity index (χ1v) is 6.29. The number of rotatable bonds is 2. The van der Waals surface area contributed by atoms with E-state index in [0.717, 1.165) is 22.3 Å². The summed E-state index contributed by atoms with van der Waals surface area (Å²) in [5.74, 6) is 0.594. The number of hydrogen-bond donors (Lipinski definition) is 2. The summed E-state index contributed by atoms with van der Waals surface area (Å²) in [6.07, 6.45) is 0. The zero-order chi connectivity index (χ0) is 14.1. The van der Waals surface area contributed by atoms with Crippen molar-refractivity contribution in [2.45, 2.75) is 6.92 Å². The lowest BCUT2D eigenvalue weighted by Gasteiger charge is -2.06. The molecule has 0 aliphatic carbocycles. The number of anilines is 2. The van der Waals surface area contributed by atoms with Crippen LogP contribution in [-0.4, -0.2) is 5.91 Å². The van der Waals surface area contributed by atoms with Gasteiger partial charge in [0.05, 0.1) is 0 Å². The molecule has 3 aromatic rings. The minimum absolute atomic E-state index is 0.133. The van der Waals surface area contributed by atoms with Gasteiger partial charge in [-0.25, -0.2) is 0 Å². The molecule has 3 rings (SSSR count). The van der Waals surface area contributed by atoms with E-state index in [1.54, 1.807) is 6.07 Å². The van der Waals surface area contributed by atoms with E-state index >= 15 is 0 Å². The van der Waals surface area contributed by atoms with Gasteiger partial charge < -0.3 is 15.5 Å². The van der Waals surface area contributed by atoms with Crippen molar-refractivity contribution in [3.63, 3.8) is 0 Å². The molecule has 1 amide bonds. The second-order valence-electron chi connectivity index (χ2n) is 4.67. The second kappa shape index (κ2) is 4.74. The van der Waals surface area contributed by atoms with Gasteiger partial charge in [0.25, 0.3) is 0 Å². The van der Waals surface area contributed by atoms with E-state index in [1.165, 1.54) is 6.92 Å². The number of fused-ring (bicyclic) bond motifs is 1. The van der Waals surface area contributed by atoms with E-state index in [9.17, 15) is 4.79 Å². The number of carbonyl (C=O) groups is 1. The fraction of sp³-hybridized carbons (Fsp3) is 0.0625. The van der Waals surface area contributed by atoms with Crippen LogP contribution in [0.3, 0.4) is 0 Å². The highest BCUT2D eigenvalue weighted by Crippen LogP contribution is 2.31. The first-order valence-electron chi connectivity index (χ1n) is 6.29. The summed E-state index contributed by atoms with van der Waals surface area (Å²) in [6, 6.07) is 15.1. The number of nitrogens with two attached hydrogens (primary N) is 1. The number of nitrogen functional groups attached to an aromatic ring is 1. The van der Waals surface area contributed by atoms with Gasteiger partial charge in [-0.05, 0) is 30.3 Å². The Bertz CT molecular complexity index is 757. The van der Waals surface area contributed by atoms with Crippen LogP contribution in [0.1, 0.15) is 6.92 Å². The third-order valence-corrected chi connectivity index (χ3v) is 2.99. The molecule has 0 unspecified atom stereocenters. The molecule has 0 bridgehead atoms. The highest BCUT2D eigenvalue weighted by Gasteiger charge is 2.08. The molecular weight excluding hydrogens is 252 g/mol. The third kappa shape index (κ3) is 2.36. The van der Waals surface area contributed by atoms with Gasteiger partial charge in [-0.1, -0.05) is 18.2 Å². The van der Waals surface area contributed by atoms with Gasteiger partial charge in [-0.3, -0.25) is 4.79 Å². The molecular formula is C16H14N2O2. The maximum absolute atomic E-state index is 11.1. The zero-order valence-electron chi connectivity index (χ0n) is 11.0. The minimum Gasteiger partial charge on any atom is -0.456 e. The standard InChI is InChI=1S/C16H14N2O2/c1-10(19)18-14-7-12(6-13(17)9-14)16-8-11-4-2-3-5-15(11)20-16/h2-9H,17H2,1H3,(H,18,19). The summed E-state index contributed by atoms with van der Waals surface area (Å²) in [6.45, 7) is 1.46. The molecule has 0 radical (unpaired) electrons. The van der Waals surface area contributed by atoms with Gasteiger partial charge in [0, 0.05) is 29.2 Å².